The van der Waals surface area contributed by atoms with Crippen LogP contribution in [0.15, 0.2) is 82.3 Å². The average molecular weight is 326 g/mol. The number of nitrogens with zero attached hydrogens (tertiary/aromatic N) is 2. The number of rotatable bonds is 2. The number of fused-ring (bicyclic) bond motifs is 1. The highest BCUT2D eigenvalue weighted by Crippen LogP contribution is 2.23. The second-order valence-corrected chi connectivity index (χ2v) is 6.16. The van der Waals surface area contributed by atoms with Gasteiger partial charge in [0.15, 0.2) is 5.82 Å². The maximum absolute atomic E-state index is 6.14. The van der Waals surface area contributed by atoms with E-state index in [1.165, 1.54) is 11.1 Å². The Morgan fingerprint density at radius 3 is 2.40 bits per heavy atom. The van der Waals surface area contributed by atoms with Crippen molar-refractivity contribution in [1.82, 2.24) is 4.98 Å². The van der Waals surface area contributed by atoms with Crippen LogP contribution in [-0.4, -0.2) is 4.98 Å². The first-order chi connectivity index (χ1) is 12.2. The molecule has 0 amide bonds. The third-order valence-corrected chi connectivity index (χ3v) is 4.12. The fourth-order valence-electron chi connectivity index (χ4n) is 2.78. The topological polar surface area (TPSA) is 38.4 Å². The van der Waals surface area contributed by atoms with E-state index in [4.69, 9.17) is 9.41 Å². The van der Waals surface area contributed by atoms with Gasteiger partial charge >= 0.3 is 0 Å². The Kier molecular flexibility index (Phi) is 3.90. The van der Waals surface area contributed by atoms with Crippen LogP contribution in [-0.2, 0) is 0 Å². The van der Waals surface area contributed by atoms with Crippen molar-refractivity contribution in [3.05, 3.63) is 89.4 Å². The van der Waals surface area contributed by atoms with Crippen molar-refractivity contribution in [2.75, 3.05) is 0 Å². The van der Waals surface area contributed by atoms with Crippen LogP contribution in [0.1, 0.15) is 11.1 Å². The minimum absolute atomic E-state index is 0.686. The van der Waals surface area contributed by atoms with Crippen molar-refractivity contribution in [2.24, 2.45) is 4.99 Å². The highest BCUT2D eigenvalue weighted by Gasteiger charge is 2.06. The van der Waals surface area contributed by atoms with Crippen LogP contribution in [0.2, 0.25) is 0 Å². The van der Waals surface area contributed by atoms with E-state index in [2.05, 4.69) is 55.2 Å². The number of benzene rings is 2. The highest BCUT2D eigenvalue weighted by atomic mass is 16.3. The molecule has 2 aromatic carbocycles. The second kappa shape index (κ2) is 6.36. The van der Waals surface area contributed by atoms with Gasteiger partial charge in [-0.3, -0.25) is 0 Å². The van der Waals surface area contributed by atoms with Crippen molar-refractivity contribution in [3.63, 3.8) is 0 Å². The van der Waals surface area contributed by atoms with Gasteiger partial charge in [0, 0.05) is 23.2 Å². The van der Waals surface area contributed by atoms with E-state index in [1.54, 1.807) is 6.20 Å². The van der Waals surface area contributed by atoms with Gasteiger partial charge in [-0.2, -0.15) is 0 Å². The minimum Gasteiger partial charge on any atom is -0.456 e. The number of aromatic nitrogens is 1. The predicted octanol–water partition coefficient (Wildman–Crippen LogP) is 5.34. The van der Waals surface area contributed by atoms with E-state index in [0.717, 1.165) is 27.7 Å². The molecule has 4 aromatic rings. The van der Waals surface area contributed by atoms with Crippen molar-refractivity contribution >= 4 is 16.8 Å². The van der Waals surface area contributed by atoms with Crippen LogP contribution >= 0.6 is 0 Å². The molecule has 25 heavy (non-hydrogen) atoms. The summed E-state index contributed by atoms with van der Waals surface area (Å²) in [5, 5.41) is 1.85. The normalized spacial score (nSPS) is 11.8. The van der Waals surface area contributed by atoms with Crippen molar-refractivity contribution in [3.8, 4) is 11.3 Å². The van der Waals surface area contributed by atoms with Crippen LogP contribution < -0.4 is 5.36 Å². The fraction of sp³-hybridized carbons (Fsp3) is 0.0909. The molecule has 0 spiro atoms. The standard InChI is InChI=1S/C22H18N2O/c1-15-6-9-17(10-7-15)21-14-19(24-22-5-3-4-12-23-22)18-13-16(2)8-11-20(18)25-21/h3-14H,1-2H3/b24-19+. The van der Waals surface area contributed by atoms with Gasteiger partial charge in [0.25, 0.3) is 0 Å². The van der Waals surface area contributed by atoms with Gasteiger partial charge in [-0.1, -0.05) is 47.5 Å². The Bertz CT molecular complexity index is 1090. The predicted molar refractivity (Wildman–Crippen MR) is 101 cm³/mol. The number of hydrogen-bond acceptors (Lipinski definition) is 3. The Morgan fingerprint density at radius 2 is 1.64 bits per heavy atom. The molecule has 2 heterocycles. The third kappa shape index (κ3) is 3.22. The molecule has 0 fully saturated rings. The zero-order valence-corrected chi connectivity index (χ0v) is 14.2. The van der Waals surface area contributed by atoms with Crippen LogP contribution in [0.5, 0.6) is 0 Å². The molecule has 2 aromatic heterocycles. The van der Waals surface area contributed by atoms with Crippen LogP contribution in [0, 0.1) is 13.8 Å². The lowest BCUT2D eigenvalue weighted by molar-refractivity contribution is 0.618. The van der Waals surface area contributed by atoms with Gasteiger partial charge in [0.05, 0.1) is 5.36 Å². The van der Waals surface area contributed by atoms with Crippen molar-refractivity contribution < 1.29 is 4.42 Å². The first-order valence-corrected chi connectivity index (χ1v) is 8.26. The SMILES string of the molecule is Cc1ccc(-c2c/c(=N\c3ccccn3)c3cc(C)ccc3o2)cc1. The van der Waals surface area contributed by atoms with Gasteiger partial charge < -0.3 is 4.42 Å². The van der Waals surface area contributed by atoms with E-state index >= 15 is 0 Å². The van der Waals surface area contributed by atoms with Gasteiger partial charge in [-0.05, 0) is 38.1 Å². The van der Waals surface area contributed by atoms with Crippen molar-refractivity contribution in [1.29, 1.82) is 0 Å². The summed E-state index contributed by atoms with van der Waals surface area (Å²) in [6, 6.07) is 22.2. The lowest BCUT2D eigenvalue weighted by Crippen LogP contribution is -2.03. The van der Waals surface area contributed by atoms with Gasteiger partial charge in [0.1, 0.15) is 11.3 Å². The Hall–Kier alpha value is -3.20. The van der Waals surface area contributed by atoms with E-state index in [0.29, 0.717) is 5.82 Å². The summed E-state index contributed by atoms with van der Waals surface area (Å²) in [4.78, 5) is 9.06. The molecule has 0 N–H and O–H groups in total. The second-order valence-electron chi connectivity index (χ2n) is 6.16. The van der Waals surface area contributed by atoms with E-state index in [1.807, 2.05) is 30.3 Å². The zero-order valence-electron chi connectivity index (χ0n) is 14.2. The van der Waals surface area contributed by atoms with Crippen LogP contribution in [0.4, 0.5) is 5.82 Å². The first-order valence-electron chi connectivity index (χ1n) is 8.26. The maximum Gasteiger partial charge on any atom is 0.152 e. The average Bonchev–Trinajstić information content (AvgIpc) is 2.63. The smallest absolute Gasteiger partial charge is 0.152 e. The van der Waals surface area contributed by atoms with Crippen LogP contribution in [0.3, 0.4) is 0 Å². The Balaban J connectivity index is 2.00. The molecule has 0 atom stereocenters. The summed E-state index contributed by atoms with van der Waals surface area (Å²) in [5.41, 5.74) is 4.24. The van der Waals surface area contributed by atoms with Gasteiger partial charge in [-0.25, -0.2) is 9.98 Å². The summed E-state index contributed by atoms with van der Waals surface area (Å²) in [6.45, 7) is 4.14. The van der Waals surface area contributed by atoms with Gasteiger partial charge in [-0.15, -0.1) is 0 Å². The molecular formula is C22H18N2O. The number of pyridine rings is 1. The molecule has 0 radical (unpaired) electrons. The molecule has 0 aliphatic carbocycles. The fourth-order valence-corrected chi connectivity index (χ4v) is 2.78. The molecule has 3 nitrogen and oxygen atoms in total. The zero-order chi connectivity index (χ0) is 17.2. The monoisotopic (exact) mass is 326 g/mol. The molecule has 0 unspecified atom stereocenters. The molecule has 0 saturated carbocycles. The van der Waals surface area contributed by atoms with Crippen molar-refractivity contribution in [2.45, 2.75) is 13.8 Å². The summed E-state index contributed by atoms with van der Waals surface area (Å²) in [5.74, 6) is 1.48. The highest BCUT2D eigenvalue weighted by molar-refractivity contribution is 5.79. The molecule has 122 valence electrons. The minimum atomic E-state index is 0.686. The number of hydrogen-bond donors (Lipinski definition) is 0. The quantitative estimate of drug-likeness (QED) is 0.498. The molecule has 4 rings (SSSR count). The first kappa shape index (κ1) is 15.3. The molecule has 0 bridgehead atoms. The van der Waals surface area contributed by atoms with E-state index in [-0.39, 0.29) is 0 Å². The summed E-state index contributed by atoms with van der Waals surface area (Å²) >= 11 is 0. The summed E-state index contributed by atoms with van der Waals surface area (Å²) in [6.07, 6.45) is 1.75. The summed E-state index contributed by atoms with van der Waals surface area (Å²) < 4.78 is 6.14. The molecule has 3 heteroatoms. The van der Waals surface area contributed by atoms with E-state index in [9.17, 15) is 0 Å². The largest absolute Gasteiger partial charge is 0.456 e. The molecule has 0 saturated heterocycles. The van der Waals surface area contributed by atoms with Gasteiger partial charge in [0.2, 0.25) is 0 Å². The maximum atomic E-state index is 6.14. The summed E-state index contributed by atoms with van der Waals surface area (Å²) in [7, 11) is 0. The molecule has 0 aliphatic heterocycles. The Labute approximate surface area is 146 Å². The van der Waals surface area contributed by atoms with Crippen LogP contribution in [0.25, 0.3) is 22.3 Å². The third-order valence-electron chi connectivity index (χ3n) is 4.12. The number of aryl methyl sites for hydroxylation is 2. The van der Waals surface area contributed by atoms with E-state index < -0.39 is 0 Å². The Morgan fingerprint density at radius 1 is 0.840 bits per heavy atom. The lowest BCUT2D eigenvalue weighted by Gasteiger charge is -2.06. The molecular weight excluding hydrogens is 308 g/mol. The molecule has 0 aliphatic rings. The lowest BCUT2D eigenvalue weighted by atomic mass is 10.1.